The lowest BCUT2D eigenvalue weighted by Crippen LogP contribution is -2.45. The second-order valence-electron chi connectivity index (χ2n) is 9.98. The molecule has 0 spiro atoms. The number of fused-ring (bicyclic) bond motifs is 2. The van der Waals surface area contributed by atoms with E-state index in [1.807, 2.05) is 30.3 Å². The van der Waals surface area contributed by atoms with Crippen molar-refractivity contribution in [2.45, 2.75) is 32.9 Å². The minimum Gasteiger partial charge on any atom is -0.497 e. The molecule has 208 valence electrons. The van der Waals surface area contributed by atoms with Gasteiger partial charge >= 0.3 is 0 Å². The lowest BCUT2D eigenvalue weighted by molar-refractivity contribution is -0.127. The van der Waals surface area contributed by atoms with Gasteiger partial charge in [0.1, 0.15) is 37.1 Å². The number of carbonyl (C=O) groups excluding carboxylic acids is 2. The summed E-state index contributed by atoms with van der Waals surface area (Å²) in [5, 5.41) is 11.4. The topological polar surface area (TPSA) is 108 Å². The summed E-state index contributed by atoms with van der Waals surface area (Å²) in [7, 11) is 1.57. The number of hydrogen-bond acceptors (Lipinski definition) is 7. The Balaban J connectivity index is 1.59. The SMILES string of the molecule is COc1cccc([C@H](C(=O)NCCC(C)C)N(C(=O)Cn2nnc3ccccc32)c2ccc3c(c2)OCCO3)c1. The summed E-state index contributed by atoms with van der Waals surface area (Å²) < 4.78 is 18.5. The van der Waals surface area contributed by atoms with E-state index in [-0.39, 0.29) is 18.4 Å². The van der Waals surface area contributed by atoms with Gasteiger partial charge in [-0.15, -0.1) is 5.10 Å². The summed E-state index contributed by atoms with van der Waals surface area (Å²) in [6.45, 7) is 5.38. The normalized spacial score (nSPS) is 13.2. The van der Waals surface area contributed by atoms with Crippen LogP contribution in [-0.4, -0.2) is 53.7 Å². The number of carbonyl (C=O) groups is 2. The zero-order valence-electron chi connectivity index (χ0n) is 22.9. The van der Waals surface area contributed by atoms with E-state index < -0.39 is 6.04 Å². The molecule has 1 aliphatic rings. The van der Waals surface area contributed by atoms with Gasteiger partial charge in [-0.2, -0.15) is 0 Å². The number of anilines is 1. The van der Waals surface area contributed by atoms with Gasteiger partial charge in [0.25, 0.3) is 0 Å². The highest BCUT2D eigenvalue weighted by atomic mass is 16.6. The number of amides is 2. The van der Waals surface area contributed by atoms with Crippen LogP contribution in [0.2, 0.25) is 0 Å². The third kappa shape index (κ3) is 5.85. The third-order valence-electron chi connectivity index (χ3n) is 6.71. The number of aromatic nitrogens is 3. The zero-order valence-corrected chi connectivity index (χ0v) is 22.9. The molecule has 3 aromatic carbocycles. The Bertz CT molecular complexity index is 1500. The second-order valence-corrected chi connectivity index (χ2v) is 9.98. The number of para-hydroxylation sites is 1. The van der Waals surface area contributed by atoms with Crippen molar-refractivity contribution < 1.29 is 23.8 Å². The Morgan fingerprint density at radius 1 is 1.02 bits per heavy atom. The van der Waals surface area contributed by atoms with Gasteiger partial charge < -0.3 is 19.5 Å². The molecule has 0 aliphatic carbocycles. The summed E-state index contributed by atoms with van der Waals surface area (Å²) in [6.07, 6.45) is 0.805. The molecule has 4 aromatic rings. The van der Waals surface area contributed by atoms with Crippen LogP contribution < -0.4 is 24.4 Å². The molecule has 0 saturated heterocycles. The minimum atomic E-state index is -0.993. The van der Waals surface area contributed by atoms with Gasteiger partial charge in [-0.05, 0) is 54.3 Å². The van der Waals surface area contributed by atoms with E-state index >= 15 is 0 Å². The largest absolute Gasteiger partial charge is 0.497 e. The number of rotatable bonds is 10. The number of ether oxygens (including phenoxy) is 3. The van der Waals surface area contributed by atoms with E-state index in [2.05, 4.69) is 29.5 Å². The lowest BCUT2D eigenvalue weighted by atomic mass is 10.0. The molecule has 1 aliphatic heterocycles. The van der Waals surface area contributed by atoms with Crippen molar-refractivity contribution in [3.8, 4) is 17.2 Å². The van der Waals surface area contributed by atoms with Gasteiger partial charge in [0.05, 0.1) is 12.6 Å². The Morgan fingerprint density at radius 2 is 1.82 bits per heavy atom. The summed E-state index contributed by atoms with van der Waals surface area (Å²) >= 11 is 0. The van der Waals surface area contributed by atoms with Crippen LogP contribution in [0.1, 0.15) is 31.9 Å². The van der Waals surface area contributed by atoms with Gasteiger partial charge in [0, 0.05) is 18.3 Å². The van der Waals surface area contributed by atoms with Crippen LogP contribution in [0.4, 0.5) is 5.69 Å². The quantitative estimate of drug-likeness (QED) is 0.320. The summed E-state index contributed by atoms with van der Waals surface area (Å²) in [5.41, 5.74) is 2.49. The molecule has 0 saturated carbocycles. The van der Waals surface area contributed by atoms with Crippen LogP contribution in [0.25, 0.3) is 11.0 Å². The van der Waals surface area contributed by atoms with Crippen molar-refractivity contribution in [1.82, 2.24) is 20.3 Å². The predicted molar refractivity (Wildman–Crippen MR) is 151 cm³/mol. The molecule has 10 nitrogen and oxygen atoms in total. The van der Waals surface area contributed by atoms with Crippen LogP contribution in [-0.2, 0) is 16.1 Å². The van der Waals surface area contributed by atoms with Crippen molar-refractivity contribution in [2.75, 3.05) is 31.8 Å². The molecule has 0 bridgehead atoms. The fourth-order valence-electron chi connectivity index (χ4n) is 4.67. The van der Waals surface area contributed by atoms with Gasteiger partial charge in [-0.3, -0.25) is 14.5 Å². The van der Waals surface area contributed by atoms with E-state index in [1.165, 1.54) is 4.90 Å². The average Bonchev–Trinajstić information content (AvgIpc) is 3.37. The maximum absolute atomic E-state index is 14.2. The van der Waals surface area contributed by atoms with Gasteiger partial charge in [-0.1, -0.05) is 43.3 Å². The van der Waals surface area contributed by atoms with Crippen LogP contribution in [0.5, 0.6) is 17.2 Å². The first kappa shape index (κ1) is 27.0. The Hall–Kier alpha value is -4.60. The van der Waals surface area contributed by atoms with Gasteiger partial charge in [0.2, 0.25) is 11.8 Å². The highest BCUT2D eigenvalue weighted by molar-refractivity contribution is 6.01. The second kappa shape index (κ2) is 12.1. The van der Waals surface area contributed by atoms with Crippen LogP contribution in [0, 0.1) is 5.92 Å². The van der Waals surface area contributed by atoms with Gasteiger partial charge in [-0.25, -0.2) is 4.68 Å². The molecule has 0 radical (unpaired) electrons. The van der Waals surface area contributed by atoms with Crippen molar-refractivity contribution in [3.63, 3.8) is 0 Å². The molecule has 40 heavy (non-hydrogen) atoms. The molecule has 2 amide bonds. The molecule has 0 unspecified atom stereocenters. The highest BCUT2D eigenvalue weighted by Crippen LogP contribution is 2.37. The zero-order chi connectivity index (χ0) is 28.1. The Morgan fingerprint density at radius 3 is 2.62 bits per heavy atom. The first-order valence-electron chi connectivity index (χ1n) is 13.4. The molecule has 0 fully saturated rings. The molecule has 5 rings (SSSR count). The molecule has 10 heteroatoms. The Labute approximate surface area is 232 Å². The van der Waals surface area contributed by atoms with E-state index in [9.17, 15) is 9.59 Å². The maximum Gasteiger partial charge on any atom is 0.249 e. The first-order chi connectivity index (χ1) is 19.4. The maximum atomic E-state index is 14.2. The number of nitrogens with one attached hydrogen (secondary N) is 1. The Kier molecular flexibility index (Phi) is 8.14. The van der Waals surface area contributed by atoms with E-state index in [4.69, 9.17) is 14.2 Å². The van der Waals surface area contributed by atoms with E-state index in [1.54, 1.807) is 48.2 Å². The molecular formula is C30H33N5O5. The molecular weight excluding hydrogens is 510 g/mol. The monoisotopic (exact) mass is 543 g/mol. The number of methoxy groups -OCH3 is 1. The number of benzene rings is 3. The van der Waals surface area contributed by atoms with Crippen molar-refractivity contribution >= 4 is 28.5 Å². The molecule has 1 atom stereocenters. The molecule has 1 N–H and O–H groups in total. The predicted octanol–water partition coefficient (Wildman–Crippen LogP) is 4.15. The fraction of sp³-hybridized carbons (Fsp3) is 0.333. The van der Waals surface area contributed by atoms with Crippen molar-refractivity contribution in [2.24, 2.45) is 5.92 Å². The summed E-state index contributed by atoms with van der Waals surface area (Å²) in [4.78, 5) is 29.6. The molecule has 2 heterocycles. The lowest BCUT2D eigenvalue weighted by Gasteiger charge is -2.32. The highest BCUT2D eigenvalue weighted by Gasteiger charge is 2.34. The van der Waals surface area contributed by atoms with Crippen LogP contribution in [0.15, 0.2) is 66.7 Å². The molecule has 1 aromatic heterocycles. The third-order valence-corrected chi connectivity index (χ3v) is 6.71. The smallest absolute Gasteiger partial charge is 0.249 e. The summed E-state index contributed by atoms with van der Waals surface area (Å²) in [5.74, 6) is 1.43. The summed E-state index contributed by atoms with van der Waals surface area (Å²) in [6, 6.07) is 18.9. The number of hydrogen-bond donors (Lipinski definition) is 1. The number of nitrogens with zero attached hydrogens (tertiary/aromatic N) is 4. The first-order valence-corrected chi connectivity index (χ1v) is 13.4. The average molecular weight is 544 g/mol. The standard InChI is InChI=1S/C30H33N5O5/c1-20(2)13-14-31-30(37)29(21-7-6-8-23(17-21)38-3)35(22-11-12-26-27(18-22)40-16-15-39-26)28(36)19-34-25-10-5-4-9-24(25)32-33-34/h4-12,17-18,20,29H,13-16,19H2,1-3H3,(H,31,37)/t29-/m1/s1. The van der Waals surface area contributed by atoms with E-state index in [0.29, 0.717) is 59.7 Å². The van der Waals surface area contributed by atoms with Crippen LogP contribution in [0.3, 0.4) is 0 Å². The minimum absolute atomic E-state index is 0.130. The van der Waals surface area contributed by atoms with E-state index in [0.717, 1.165) is 11.9 Å². The van der Waals surface area contributed by atoms with Crippen molar-refractivity contribution in [1.29, 1.82) is 0 Å². The van der Waals surface area contributed by atoms with Crippen LogP contribution >= 0.6 is 0 Å². The van der Waals surface area contributed by atoms with Gasteiger partial charge in [0.15, 0.2) is 11.5 Å². The van der Waals surface area contributed by atoms with Crippen molar-refractivity contribution in [3.05, 3.63) is 72.3 Å². The fourth-order valence-corrected chi connectivity index (χ4v) is 4.67.